The summed E-state index contributed by atoms with van der Waals surface area (Å²) in [4.78, 5) is 0. The Labute approximate surface area is 253 Å². The largest absolute Gasteiger partial charge is 0.389 e. The molecule has 0 spiro atoms. The zero-order chi connectivity index (χ0) is 28.9. The van der Waals surface area contributed by atoms with Gasteiger partial charge in [0.1, 0.15) is 0 Å². The number of unbranched alkanes of at least 4 members (excludes halogenated alkanes) is 24. The SMILES string of the molecule is CCCCCCCCCCCCCCC=CC=CNCCNC=CC=CCCCCCCCCCCCCCC. The fourth-order valence-electron chi connectivity index (χ4n) is 5.11. The van der Waals surface area contributed by atoms with Gasteiger partial charge in [0, 0.05) is 13.1 Å². The van der Waals surface area contributed by atoms with Gasteiger partial charge in [-0.05, 0) is 50.2 Å². The normalized spacial score (nSPS) is 12.2. The minimum absolute atomic E-state index is 0.940. The van der Waals surface area contributed by atoms with Crippen molar-refractivity contribution in [2.24, 2.45) is 0 Å². The Kier molecular flexibility index (Phi) is 36.2. The summed E-state index contributed by atoms with van der Waals surface area (Å²) in [6.07, 6.45) is 53.8. The predicted molar refractivity (Wildman–Crippen MR) is 184 cm³/mol. The van der Waals surface area contributed by atoms with Gasteiger partial charge >= 0.3 is 0 Å². The van der Waals surface area contributed by atoms with Crippen molar-refractivity contribution in [3.05, 3.63) is 48.9 Å². The molecular formula is C38H72N2. The minimum Gasteiger partial charge on any atom is -0.389 e. The molecule has 0 atom stereocenters. The van der Waals surface area contributed by atoms with Crippen molar-refractivity contribution >= 4 is 0 Å². The van der Waals surface area contributed by atoms with Crippen molar-refractivity contribution in [1.29, 1.82) is 0 Å². The van der Waals surface area contributed by atoms with Crippen LogP contribution in [0.2, 0.25) is 0 Å². The Balaban J connectivity index is 3.27. The fraction of sp³-hybridized carbons (Fsp3) is 0.789. The van der Waals surface area contributed by atoms with Crippen LogP contribution in [0.3, 0.4) is 0 Å². The van der Waals surface area contributed by atoms with Crippen LogP contribution in [0.1, 0.15) is 181 Å². The fourth-order valence-corrected chi connectivity index (χ4v) is 5.11. The Bertz CT molecular complexity index is 510. The summed E-state index contributed by atoms with van der Waals surface area (Å²) in [5, 5.41) is 6.69. The van der Waals surface area contributed by atoms with Gasteiger partial charge in [-0.15, -0.1) is 0 Å². The molecule has 0 aliphatic carbocycles. The molecule has 234 valence electrons. The number of hydrogen-bond acceptors (Lipinski definition) is 2. The van der Waals surface area contributed by atoms with Gasteiger partial charge in [0.05, 0.1) is 0 Å². The average Bonchev–Trinajstić information content (AvgIpc) is 2.97. The van der Waals surface area contributed by atoms with E-state index < -0.39 is 0 Å². The molecule has 0 bridgehead atoms. The quantitative estimate of drug-likeness (QED) is 0.0620. The highest BCUT2D eigenvalue weighted by Gasteiger charge is 1.94. The van der Waals surface area contributed by atoms with Crippen LogP contribution in [0.5, 0.6) is 0 Å². The summed E-state index contributed by atoms with van der Waals surface area (Å²) < 4.78 is 0. The maximum absolute atomic E-state index is 3.35. The molecule has 0 aromatic rings. The molecule has 0 unspecified atom stereocenters. The highest BCUT2D eigenvalue weighted by Crippen LogP contribution is 2.13. The van der Waals surface area contributed by atoms with Crippen LogP contribution in [0, 0.1) is 0 Å². The van der Waals surface area contributed by atoms with Crippen LogP contribution in [0.4, 0.5) is 0 Å². The lowest BCUT2D eigenvalue weighted by Gasteiger charge is -2.02. The molecule has 2 nitrogen and oxygen atoms in total. The molecule has 2 N–H and O–H groups in total. The van der Waals surface area contributed by atoms with Gasteiger partial charge in [-0.1, -0.05) is 179 Å². The molecule has 0 aromatic heterocycles. The van der Waals surface area contributed by atoms with Crippen LogP contribution in [-0.4, -0.2) is 13.1 Å². The lowest BCUT2D eigenvalue weighted by molar-refractivity contribution is 0.545. The van der Waals surface area contributed by atoms with Gasteiger partial charge in [0.15, 0.2) is 0 Å². The first-order valence-electron chi connectivity index (χ1n) is 18.0. The third-order valence-corrected chi connectivity index (χ3v) is 7.78. The number of rotatable bonds is 33. The summed E-state index contributed by atoms with van der Waals surface area (Å²) >= 11 is 0. The van der Waals surface area contributed by atoms with Crippen molar-refractivity contribution in [2.45, 2.75) is 181 Å². The lowest BCUT2D eigenvalue weighted by atomic mass is 10.0. The Hall–Kier alpha value is -1.44. The molecule has 0 aliphatic heterocycles. The summed E-state index contributed by atoms with van der Waals surface area (Å²) in [6, 6.07) is 0. The molecule has 0 amide bonds. The first-order valence-corrected chi connectivity index (χ1v) is 18.0. The highest BCUT2D eigenvalue weighted by atomic mass is 14.9. The molecule has 0 radical (unpaired) electrons. The monoisotopic (exact) mass is 557 g/mol. The third-order valence-electron chi connectivity index (χ3n) is 7.78. The first-order chi connectivity index (χ1) is 19.9. The van der Waals surface area contributed by atoms with E-state index in [1.165, 1.54) is 167 Å². The van der Waals surface area contributed by atoms with Crippen molar-refractivity contribution < 1.29 is 0 Å². The standard InChI is InChI=1S/C38H72N2/c1-3-5-7-9-11-13-15-17-19-21-23-25-27-29-31-33-35-39-37-38-40-36-34-32-30-28-26-24-22-20-18-16-14-12-10-8-6-4-2/h29-36,39-40H,3-28,37-38H2,1-2H3. The van der Waals surface area contributed by atoms with Crippen LogP contribution in [-0.2, 0) is 0 Å². The second-order valence-corrected chi connectivity index (χ2v) is 11.8. The van der Waals surface area contributed by atoms with Crippen molar-refractivity contribution in [2.75, 3.05) is 13.1 Å². The maximum atomic E-state index is 3.35. The number of hydrogen-bond donors (Lipinski definition) is 2. The molecule has 0 heterocycles. The van der Waals surface area contributed by atoms with E-state index in [9.17, 15) is 0 Å². The predicted octanol–water partition coefficient (Wildman–Crippen LogP) is 12.5. The Morgan fingerprint density at radius 2 is 0.600 bits per heavy atom. The van der Waals surface area contributed by atoms with E-state index in [-0.39, 0.29) is 0 Å². The molecule has 0 saturated carbocycles. The first kappa shape index (κ1) is 38.6. The van der Waals surface area contributed by atoms with Crippen molar-refractivity contribution in [3.63, 3.8) is 0 Å². The second kappa shape index (κ2) is 37.6. The molecule has 0 aromatic carbocycles. The molecule has 0 saturated heterocycles. The summed E-state index contributed by atoms with van der Waals surface area (Å²) in [6.45, 7) is 6.47. The second-order valence-electron chi connectivity index (χ2n) is 11.8. The van der Waals surface area contributed by atoms with Gasteiger partial charge in [-0.3, -0.25) is 0 Å². The number of nitrogens with one attached hydrogen (secondary N) is 2. The Morgan fingerprint density at radius 1 is 0.325 bits per heavy atom. The zero-order valence-electron chi connectivity index (χ0n) is 27.4. The van der Waals surface area contributed by atoms with Crippen molar-refractivity contribution in [3.8, 4) is 0 Å². The van der Waals surface area contributed by atoms with Gasteiger partial charge in [0.25, 0.3) is 0 Å². The van der Waals surface area contributed by atoms with E-state index in [0.29, 0.717) is 0 Å². The molecule has 0 rings (SSSR count). The van der Waals surface area contributed by atoms with E-state index in [0.717, 1.165) is 13.1 Å². The summed E-state index contributed by atoms with van der Waals surface area (Å²) in [7, 11) is 0. The maximum Gasteiger partial charge on any atom is 0.0314 e. The van der Waals surface area contributed by atoms with Crippen molar-refractivity contribution in [1.82, 2.24) is 10.6 Å². The van der Waals surface area contributed by atoms with Gasteiger partial charge in [0.2, 0.25) is 0 Å². The smallest absolute Gasteiger partial charge is 0.0314 e. The van der Waals surface area contributed by atoms with Gasteiger partial charge < -0.3 is 10.6 Å². The van der Waals surface area contributed by atoms with Gasteiger partial charge in [-0.25, -0.2) is 0 Å². The van der Waals surface area contributed by atoms with E-state index in [1.54, 1.807) is 0 Å². The zero-order valence-corrected chi connectivity index (χ0v) is 27.4. The summed E-state index contributed by atoms with van der Waals surface area (Å²) in [5.74, 6) is 0. The third kappa shape index (κ3) is 36.6. The Morgan fingerprint density at radius 3 is 0.900 bits per heavy atom. The van der Waals surface area contributed by atoms with Crippen LogP contribution >= 0.6 is 0 Å². The van der Waals surface area contributed by atoms with Crippen LogP contribution in [0.25, 0.3) is 0 Å². The van der Waals surface area contributed by atoms with Gasteiger partial charge in [-0.2, -0.15) is 0 Å². The van der Waals surface area contributed by atoms with E-state index >= 15 is 0 Å². The van der Waals surface area contributed by atoms with E-state index in [2.05, 4.69) is 73.3 Å². The molecule has 40 heavy (non-hydrogen) atoms. The summed E-state index contributed by atoms with van der Waals surface area (Å²) in [5.41, 5.74) is 0. The van der Waals surface area contributed by atoms with Crippen LogP contribution in [0.15, 0.2) is 48.9 Å². The van der Waals surface area contributed by atoms with Crippen LogP contribution < -0.4 is 10.6 Å². The average molecular weight is 557 g/mol. The molecule has 2 heteroatoms. The van der Waals surface area contributed by atoms with E-state index in [1.807, 2.05) is 0 Å². The number of allylic oxidation sites excluding steroid dienone is 6. The molecule has 0 fully saturated rings. The molecule has 0 aliphatic rings. The lowest BCUT2D eigenvalue weighted by Crippen LogP contribution is -2.20. The topological polar surface area (TPSA) is 24.1 Å². The molecular weight excluding hydrogens is 484 g/mol. The highest BCUT2D eigenvalue weighted by molar-refractivity contribution is 5.02. The van der Waals surface area contributed by atoms with E-state index in [4.69, 9.17) is 0 Å². The minimum atomic E-state index is 0.940.